The predicted octanol–water partition coefficient (Wildman–Crippen LogP) is 1.05. The molecule has 0 unspecified atom stereocenters. The molecule has 88 valence electrons. The lowest BCUT2D eigenvalue weighted by Crippen LogP contribution is -2.52. The van der Waals surface area contributed by atoms with E-state index in [1.54, 1.807) is 0 Å². The Labute approximate surface area is 93.4 Å². The van der Waals surface area contributed by atoms with E-state index < -0.39 is 0 Å². The van der Waals surface area contributed by atoms with E-state index in [0.717, 1.165) is 25.7 Å². The number of hydrogen-bond donors (Lipinski definition) is 0. The first-order chi connectivity index (χ1) is 7.22. The summed E-state index contributed by atoms with van der Waals surface area (Å²) in [6, 6.07) is 1.33. The van der Waals surface area contributed by atoms with E-state index in [0.29, 0.717) is 12.1 Å². The van der Waals surface area contributed by atoms with Crippen LogP contribution in [0.4, 0.5) is 0 Å². The largest absolute Gasteiger partial charge is 0.378 e. The maximum Gasteiger partial charge on any atom is 0.0635 e. The van der Waals surface area contributed by atoms with Crippen LogP contribution in [0.15, 0.2) is 0 Å². The topological polar surface area (TPSA) is 15.7 Å². The molecule has 2 heterocycles. The fourth-order valence-corrected chi connectivity index (χ4v) is 2.88. The number of ether oxygens (including phenoxy) is 1. The zero-order chi connectivity index (χ0) is 10.8. The summed E-state index contributed by atoms with van der Waals surface area (Å²) in [5.41, 5.74) is 0. The lowest BCUT2D eigenvalue weighted by atomic mass is 10.0. The molecule has 0 aromatic heterocycles. The van der Waals surface area contributed by atoms with Crippen molar-refractivity contribution in [2.24, 2.45) is 5.92 Å². The van der Waals surface area contributed by atoms with E-state index in [4.69, 9.17) is 4.74 Å². The third-order valence-corrected chi connectivity index (χ3v) is 4.08. The van der Waals surface area contributed by atoms with Crippen LogP contribution in [-0.2, 0) is 4.74 Å². The molecule has 2 aliphatic rings. The van der Waals surface area contributed by atoms with Crippen LogP contribution in [0.5, 0.6) is 0 Å². The molecule has 0 saturated carbocycles. The van der Waals surface area contributed by atoms with Crippen LogP contribution in [0.3, 0.4) is 0 Å². The Morgan fingerprint density at radius 2 is 2.07 bits per heavy atom. The lowest BCUT2D eigenvalue weighted by Gasteiger charge is -2.39. The van der Waals surface area contributed by atoms with Gasteiger partial charge in [0.05, 0.1) is 13.2 Å². The van der Waals surface area contributed by atoms with Gasteiger partial charge in [-0.2, -0.15) is 0 Å². The monoisotopic (exact) mass is 212 g/mol. The van der Waals surface area contributed by atoms with Gasteiger partial charge in [-0.3, -0.25) is 4.90 Å². The number of rotatable bonds is 1. The van der Waals surface area contributed by atoms with Crippen molar-refractivity contribution in [2.45, 2.75) is 32.9 Å². The summed E-state index contributed by atoms with van der Waals surface area (Å²) in [7, 11) is 0. The zero-order valence-electron chi connectivity index (χ0n) is 10.3. The first-order valence-electron chi connectivity index (χ1n) is 6.28. The Morgan fingerprint density at radius 3 is 2.80 bits per heavy atom. The number of likely N-dealkylation sites (N-methyl/N-ethyl adjacent to an activating group) is 1. The van der Waals surface area contributed by atoms with Gasteiger partial charge >= 0.3 is 0 Å². The van der Waals surface area contributed by atoms with Crippen LogP contribution in [-0.4, -0.2) is 61.3 Å². The van der Waals surface area contributed by atoms with Gasteiger partial charge < -0.3 is 9.64 Å². The molecule has 2 fully saturated rings. The third kappa shape index (κ3) is 2.35. The van der Waals surface area contributed by atoms with Crippen molar-refractivity contribution < 1.29 is 4.74 Å². The molecule has 0 aliphatic carbocycles. The second-order valence-electron chi connectivity index (χ2n) is 5.04. The second-order valence-corrected chi connectivity index (χ2v) is 5.04. The highest BCUT2D eigenvalue weighted by Gasteiger charge is 2.34. The highest BCUT2D eigenvalue weighted by Crippen LogP contribution is 2.22. The van der Waals surface area contributed by atoms with Gasteiger partial charge in [0, 0.05) is 31.7 Å². The minimum Gasteiger partial charge on any atom is -0.378 e. The summed E-state index contributed by atoms with van der Waals surface area (Å²) >= 11 is 0. The van der Waals surface area contributed by atoms with Gasteiger partial charge in [-0.15, -0.1) is 0 Å². The van der Waals surface area contributed by atoms with Crippen LogP contribution in [0.25, 0.3) is 0 Å². The van der Waals surface area contributed by atoms with Gasteiger partial charge in [-0.1, -0.05) is 13.8 Å². The lowest BCUT2D eigenvalue weighted by molar-refractivity contribution is -0.0292. The Hall–Kier alpha value is -0.120. The molecule has 0 aromatic carbocycles. The van der Waals surface area contributed by atoms with Crippen molar-refractivity contribution in [1.82, 2.24) is 9.80 Å². The number of hydrogen-bond acceptors (Lipinski definition) is 3. The Kier molecular flexibility index (Phi) is 3.65. The van der Waals surface area contributed by atoms with E-state index in [2.05, 4.69) is 30.6 Å². The molecular formula is C12H24N2O. The molecule has 0 aromatic rings. The molecule has 15 heavy (non-hydrogen) atoms. The van der Waals surface area contributed by atoms with Crippen molar-refractivity contribution in [2.75, 3.05) is 39.4 Å². The molecule has 0 radical (unpaired) electrons. The van der Waals surface area contributed by atoms with Gasteiger partial charge in [0.25, 0.3) is 0 Å². The van der Waals surface area contributed by atoms with Crippen molar-refractivity contribution in [3.8, 4) is 0 Å². The maximum atomic E-state index is 5.60. The highest BCUT2D eigenvalue weighted by molar-refractivity contribution is 4.88. The highest BCUT2D eigenvalue weighted by atomic mass is 16.5. The number of morpholine rings is 1. The molecule has 2 rings (SSSR count). The summed E-state index contributed by atoms with van der Waals surface area (Å²) in [5.74, 6) is 0.771. The van der Waals surface area contributed by atoms with Gasteiger partial charge in [-0.05, 0) is 19.4 Å². The van der Waals surface area contributed by atoms with E-state index >= 15 is 0 Å². The van der Waals surface area contributed by atoms with Crippen LogP contribution < -0.4 is 0 Å². The Balaban J connectivity index is 2.10. The molecule has 2 saturated heterocycles. The summed E-state index contributed by atoms with van der Waals surface area (Å²) in [6.45, 7) is 13.6. The second kappa shape index (κ2) is 4.81. The Bertz CT molecular complexity index is 210. The molecule has 0 bridgehead atoms. The van der Waals surface area contributed by atoms with Crippen LogP contribution >= 0.6 is 0 Å². The molecule has 2 aliphatic heterocycles. The van der Waals surface area contributed by atoms with Crippen LogP contribution in [0.2, 0.25) is 0 Å². The number of fused-ring (bicyclic) bond motifs is 1. The standard InChI is InChI=1S/C12H24N2O/c1-4-13-7-10(2)11(3)14-5-6-15-9-12(14)8-13/h10-12H,4-9H2,1-3H3/t10-,11-,12+/m1/s1. The van der Waals surface area contributed by atoms with E-state index in [1.807, 2.05) is 0 Å². The van der Waals surface area contributed by atoms with Crippen LogP contribution in [0.1, 0.15) is 20.8 Å². The van der Waals surface area contributed by atoms with E-state index in [9.17, 15) is 0 Å². The first-order valence-corrected chi connectivity index (χ1v) is 6.28. The fourth-order valence-electron chi connectivity index (χ4n) is 2.88. The fraction of sp³-hybridized carbons (Fsp3) is 1.00. The molecule has 3 atom stereocenters. The molecule has 3 nitrogen and oxygen atoms in total. The minimum atomic E-state index is 0.624. The SMILES string of the molecule is CCN1C[C@H]2COCCN2[C@H](C)[C@H](C)C1. The summed E-state index contributed by atoms with van der Waals surface area (Å²) in [4.78, 5) is 5.23. The maximum absolute atomic E-state index is 5.60. The van der Waals surface area contributed by atoms with Gasteiger partial charge in [0.2, 0.25) is 0 Å². The van der Waals surface area contributed by atoms with Crippen molar-refractivity contribution in [3.63, 3.8) is 0 Å². The molecule has 0 N–H and O–H groups in total. The molecule has 3 heteroatoms. The normalized spacial score (nSPS) is 39.8. The summed E-state index contributed by atoms with van der Waals surface area (Å²) < 4.78 is 5.60. The first kappa shape index (κ1) is 11.4. The summed E-state index contributed by atoms with van der Waals surface area (Å²) in [6.07, 6.45) is 0. The molecular weight excluding hydrogens is 188 g/mol. The quantitative estimate of drug-likeness (QED) is 0.646. The van der Waals surface area contributed by atoms with Gasteiger partial charge in [0.15, 0.2) is 0 Å². The van der Waals surface area contributed by atoms with Crippen LogP contribution in [0, 0.1) is 5.92 Å². The average Bonchev–Trinajstić information content (AvgIpc) is 2.38. The minimum absolute atomic E-state index is 0.624. The van der Waals surface area contributed by atoms with Gasteiger partial charge in [-0.25, -0.2) is 0 Å². The average molecular weight is 212 g/mol. The van der Waals surface area contributed by atoms with Crippen molar-refractivity contribution in [3.05, 3.63) is 0 Å². The zero-order valence-corrected chi connectivity index (χ0v) is 10.3. The third-order valence-electron chi connectivity index (χ3n) is 4.08. The molecule has 0 spiro atoms. The Morgan fingerprint density at radius 1 is 1.27 bits per heavy atom. The van der Waals surface area contributed by atoms with E-state index in [1.165, 1.54) is 19.6 Å². The smallest absolute Gasteiger partial charge is 0.0635 e. The summed E-state index contributed by atoms with van der Waals surface area (Å²) in [5, 5.41) is 0. The predicted molar refractivity (Wildman–Crippen MR) is 62.1 cm³/mol. The molecule has 0 amide bonds. The van der Waals surface area contributed by atoms with Crippen molar-refractivity contribution in [1.29, 1.82) is 0 Å². The van der Waals surface area contributed by atoms with Crippen molar-refractivity contribution >= 4 is 0 Å². The van der Waals surface area contributed by atoms with E-state index in [-0.39, 0.29) is 0 Å². The number of nitrogens with zero attached hydrogens (tertiary/aromatic N) is 2. The van der Waals surface area contributed by atoms with Gasteiger partial charge in [0.1, 0.15) is 0 Å².